The standard InChI is InChI=1S/C9H11O3.Na/c1-11-8-4-3-7(6-10)5-9(8)12-2;/h3-5H,6H2,1-2H3;/q-1;+1. The first-order valence-corrected chi connectivity index (χ1v) is 3.61. The molecule has 0 atom stereocenters. The molecule has 0 aliphatic heterocycles. The molecule has 0 radical (unpaired) electrons. The molecule has 4 heteroatoms. The smallest absolute Gasteiger partial charge is 0.851 e. The van der Waals surface area contributed by atoms with Crippen LogP contribution in [0.15, 0.2) is 18.2 Å². The number of methoxy groups -OCH3 is 2. The van der Waals surface area contributed by atoms with Gasteiger partial charge in [-0.1, -0.05) is 11.6 Å². The Kier molecular flexibility index (Phi) is 6.16. The number of hydrogen-bond acceptors (Lipinski definition) is 3. The number of rotatable bonds is 3. The van der Waals surface area contributed by atoms with Gasteiger partial charge in [-0.25, -0.2) is 0 Å². The topological polar surface area (TPSA) is 41.5 Å². The van der Waals surface area contributed by atoms with Gasteiger partial charge in [-0.3, -0.25) is 0 Å². The fourth-order valence-electron chi connectivity index (χ4n) is 0.970. The summed E-state index contributed by atoms with van der Waals surface area (Å²) < 4.78 is 10.0. The molecular weight excluding hydrogens is 179 g/mol. The first-order chi connectivity index (χ1) is 5.81. The first-order valence-electron chi connectivity index (χ1n) is 3.61. The van der Waals surface area contributed by atoms with Gasteiger partial charge in [0.1, 0.15) is 0 Å². The van der Waals surface area contributed by atoms with Crippen molar-refractivity contribution < 1.29 is 44.1 Å². The third-order valence-electron chi connectivity index (χ3n) is 1.61. The van der Waals surface area contributed by atoms with Crippen molar-refractivity contribution in [2.75, 3.05) is 14.2 Å². The maximum atomic E-state index is 10.5. The summed E-state index contributed by atoms with van der Waals surface area (Å²) in [6, 6.07) is 5.15. The fourth-order valence-corrected chi connectivity index (χ4v) is 0.970. The van der Waals surface area contributed by atoms with E-state index in [9.17, 15) is 5.11 Å². The van der Waals surface area contributed by atoms with Crippen LogP contribution in [0.2, 0.25) is 0 Å². The van der Waals surface area contributed by atoms with Gasteiger partial charge >= 0.3 is 29.6 Å². The predicted molar refractivity (Wildman–Crippen MR) is 43.3 cm³/mol. The quantitative estimate of drug-likeness (QED) is 0.498. The van der Waals surface area contributed by atoms with E-state index in [-0.39, 0.29) is 36.2 Å². The average molecular weight is 190 g/mol. The van der Waals surface area contributed by atoms with Crippen molar-refractivity contribution in [2.45, 2.75) is 6.61 Å². The Balaban J connectivity index is 0.00000144. The van der Waals surface area contributed by atoms with E-state index in [1.165, 1.54) is 0 Å². The minimum absolute atomic E-state index is 0. The van der Waals surface area contributed by atoms with Gasteiger partial charge < -0.3 is 14.6 Å². The molecule has 0 saturated heterocycles. The van der Waals surface area contributed by atoms with Crippen LogP contribution in [0.3, 0.4) is 0 Å². The van der Waals surface area contributed by atoms with Crippen molar-refractivity contribution in [3.05, 3.63) is 23.8 Å². The molecule has 0 aromatic heterocycles. The van der Waals surface area contributed by atoms with E-state index in [2.05, 4.69) is 0 Å². The van der Waals surface area contributed by atoms with Gasteiger partial charge in [-0.15, -0.1) is 6.61 Å². The third kappa shape index (κ3) is 3.19. The molecule has 0 N–H and O–H groups in total. The van der Waals surface area contributed by atoms with E-state index in [0.717, 1.165) is 0 Å². The Bertz CT molecular complexity index is 263. The summed E-state index contributed by atoms with van der Waals surface area (Å²) in [7, 11) is 3.11. The van der Waals surface area contributed by atoms with Crippen LogP contribution < -0.4 is 44.1 Å². The third-order valence-corrected chi connectivity index (χ3v) is 1.61. The molecule has 0 fully saturated rings. The molecule has 3 nitrogen and oxygen atoms in total. The van der Waals surface area contributed by atoms with E-state index >= 15 is 0 Å². The molecule has 0 saturated carbocycles. The van der Waals surface area contributed by atoms with Gasteiger partial charge in [0, 0.05) is 0 Å². The maximum absolute atomic E-state index is 10.5. The van der Waals surface area contributed by atoms with Gasteiger partial charge in [-0.05, 0) is 12.1 Å². The second kappa shape index (κ2) is 6.27. The van der Waals surface area contributed by atoms with E-state index < -0.39 is 0 Å². The van der Waals surface area contributed by atoms with Crippen LogP contribution in [0.4, 0.5) is 0 Å². The van der Waals surface area contributed by atoms with Gasteiger partial charge in [-0.2, -0.15) is 0 Å². The first kappa shape index (κ1) is 12.8. The van der Waals surface area contributed by atoms with Gasteiger partial charge in [0.2, 0.25) is 0 Å². The Morgan fingerprint density at radius 2 is 1.77 bits per heavy atom. The average Bonchev–Trinajstić information content (AvgIpc) is 2.16. The van der Waals surface area contributed by atoms with Crippen LogP contribution in [0.5, 0.6) is 11.5 Å². The molecular formula is C9H11NaO3. The molecule has 0 aliphatic rings. The minimum Gasteiger partial charge on any atom is -0.851 e. The summed E-state index contributed by atoms with van der Waals surface area (Å²) >= 11 is 0. The largest absolute Gasteiger partial charge is 1.00 e. The summed E-state index contributed by atoms with van der Waals surface area (Å²) in [6.07, 6.45) is 0. The summed E-state index contributed by atoms with van der Waals surface area (Å²) in [5.41, 5.74) is 0.702. The zero-order valence-corrected chi connectivity index (χ0v) is 10.2. The molecule has 0 aliphatic carbocycles. The number of hydrogen-bond donors (Lipinski definition) is 0. The summed E-state index contributed by atoms with van der Waals surface area (Å²) in [5, 5.41) is 10.5. The summed E-state index contributed by atoms with van der Waals surface area (Å²) in [5.74, 6) is 1.25. The Morgan fingerprint density at radius 3 is 2.23 bits per heavy atom. The van der Waals surface area contributed by atoms with Crippen LogP contribution in [0.1, 0.15) is 5.56 Å². The minimum atomic E-state index is -0.236. The SMILES string of the molecule is COc1ccc(C[O-])cc1OC.[Na+]. The Hall–Kier alpha value is -0.220. The molecule has 66 valence electrons. The van der Waals surface area contributed by atoms with E-state index in [1.807, 2.05) is 0 Å². The molecule has 0 amide bonds. The van der Waals surface area contributed by atoms with Crippen molar-refractivity contribution in [1.29, 1.82) is 0 Å². The van der Waals surface area contributed by atoms with Crippen molar-refractivity contribution in [1.82, 2.24) is 0 Å². The summed E-state index contributed by atoms with van der Waals surface area (Å²) in [4.78, 5) is 0. The van der Waals surface area contributed by atoms with Crippen LogP contribution in [-0.2, 0) is 6.61 Å². The Labute approximate surface area is 100.0 Å². The van der Waals surface area contributed by atoms with Crippen molar-refractivity contribution in [3.8, 4) is 11.5 Å². The zero-order valence-electron chi connectivity index (χ0n) is 8.16. The molecule has 1 aromatic carbocycles. The van der Waals surface area contributed by atoms with Crippen molar-refractivity contribution >= 4 is 0 Å². The molecule has 0 unspecified atom stereocenters. The molecule has 0 bridgehead atoms. The van der Waals surface area contributed by atoms with Crippen LogP contribution >= 0.6 is 0 Å². The normalized spacial score (nSPS) is 8.85. The molecule has 1 aromatic rings. The fraction of sp³-hybridized carbons (Fsp3) is 0.333. The van der Waals surface area contributed by atoms with Crippen molar-refractivity contribution in [2.24, 2.45) is 0 Å². The van der Waals surface area contributed by atoms with E-state index in [1.54, 1.807) is 32.4 Å². The summed E-state index contributed by atoms with van der Waals surface area (Å²) in [6.45, 7) is -0.236. The number of benzene rings is 1. The van der Waals surface area contributed by atoms with Gasteiger partial charge in [0.25, 0.3) is 0 Å². The second-order valence-electron chi connectivity index (χ2n) is 2.33. The molecule has 0 spiro atoms. The molecule has 0 heterocycles. The van der Waals surface area contributed by atoms with Gasteiger partial charge in [0.15, 0.2) is 11.5 Å². The van der Waals surface area contributed by atoms with Crippen LogP contribution in [0.25, 0.3) is 0 Å². The predicted octanol–water partition coefficient (Wildman–Crippen LogP) is -2.43. The van der Waals surface area contributed by atoms with Gasteiger partial charge in [0.05, 0.1) is 14.2 Å². The van der Waals surface area contributed by atoms with Crippen LogP contribution in [-0.4, -0.2) is 14.2 Å². The number of ether oxygens (including phenoxy) is 2. The second-order valence-corrected chi connectivity index (χ2v) is 2.33. The van der Waals surface area contributed by atoms with Crippen LogP contribution in [0, 0.1) is 0 Å². The molecule has 1 rings (SSSR count). The van der Waals surface area contributed by atoms with Crippen molar-refractivity contribution in [3.63, 3.8) is 0 Å². The zero-order chi connectivity index (χ0) is 8.97. The van der Waals surface area contributed by atoms with E-state index in [0.29, 0.717) is 17.1 Å². The molecule has 13 heavy (non-hydrogen) atoms. The monoisotopic (exact) mass is 190 g/mol. The Morgan fingerprint density at radius 1 is 1.15 bits per heavy atom. The van der Waals surface area contributed by atoms with E-state index in [4.69, 9.17) is 9.47 Å². The maximum Gasteiger partial charge on any atom is 1.00 e.